The van der Waals surface area contributed by atoms with Crippen molar-refractivity contribution in [2.24, 2.45) is 0 Å². The predicted octanol–water partition coefficient (Wildman–Crippen LogP) is 14.0. The number of aliphatic hydroxyl groups is 1. The fourth-order valence-corrected chi connectivity index (χ4v) is 6.00. The normalized spacial score (nSPS) is 12.8. The maximum atomic E-state index is 12.0. The molecule has 0 saturated carbocycles. The van der Waals surface area contributed by atoms with Gasteiger partial charge in [-0.15, -0.1) is 0 Å². The van der Waals surface area contributed by atoms with Gasteiger partial charge in [0.25, 0.3) is 0 Å². The van der Waals surface area contributed by atoms with E-state index in [2.05, 4.69) is 74.6 Å². The molecule has 52 heavy (non-hydrogen) atoms. The molecule has 5 heteroatoms. The molecule has 0 amide bonds. The third kappa shape index (κ3) is 42.0. The van der Waals surface area contributed by atoms with Gasteiger partial charge in [0.1, 0.15) is 19.3 Å². The summed E-state index contributed by atoms with van der Waals surface area (Å²) >= 11 is 0. The first kappa shape index (κ1) is 49.6. The molecule has 0 heterocycles. The van der Waals surface area contributed by atoms with Crippen LogP contribution in [0.1, 0.15) is 206 Å². The van der Waals surface area contributed by atoms with Gasteiger partial charge < -0.3 is 14.6 Å². The summed E-state index contributed by atoms with van der Waals surface area (Å²) in [4.78, 5) is 24.0. The average Bonchev–Trinajstić information content (AvgIpc) is 3.15. The van der Waals surface area contributed by atoms with Crippen LogP contribution in [0.15, 0.2) is 60.8 Å². The van der Waals surface area contributed by atoms with Crippen LogP contribution in [0.2, 0.25) is 0 Å². The summed E-state index contributed by atoms with van der Waals surface area (Å²) in [5.74, 6) is -0.627. The van der Waals surface area contributed by atoms with Gasteiger partial charge in [0.2, 0.25) is 0 Å². The first-order chi connectivity index (χ1) is 25.6. The van der Waals surface area contributed by atoms with Gasteiger partial charge in [-0.3, -0.25) is 9.59 Å². The van der Waals surface area contributed by atoms with Gasteiger partial charge in [-0.05, 0) is 51.4 Å². The topological polar surface area (TPSA) is 72.8 Å². The Labute approximate surface area is 321 Å². The van der Waals surface area contributed by atoms with Crippen LogP contribution in [-0.2, 0) is 19.1 Å². The molecule has 1 N–H and O–H groups in total. The lowest BCUT2D eigenvalue weighted by Gasteiger charge is -2.12. The Hall–Kier alpha value is -2.40. The van der Waals surface area contributed by atoms with E-state index in [9.17, 15) is 14.7 Å². The van der Waals surface area contributed by atoms with Gasteiger partial charge in [0.15, 0.2) is 0 Å². The maximum absolute atomic E-state index is 12.0. The van der Waals surface area contributed by atoms with Gasteiger partial charge in [-0.1, -0.05) is 203 Å². The Morgan fingerprint density at radius 2 is 0.731 bits per heavy atom. The van der Waals surface area contributed by atoms with Crippen LogP contribution < -0.4 is 0 Å². The second kappa shape index (κ2) is 43.0. The van der Waals surface area contributed by atoms with Crippen LogP contribution in [0, 0.1) is 0 Å². The van der Waals surface area contributed by atoms with Gasteiger partial charge in [0.05, 0.1) is 0 Å². The Balaban J connectivity index is 3.48. The Morgan fingerprint density at radius 3 is 1.10 bits per heavy atom. The van der Waals surface area contributed by atoms with E-state index < -0.39 is 6.10 Å². The standard InChI is InChI=1S/C47H82O5/c1-3-5-7-9-11-13-15-17-19-21-22-23-24-26-28-30-32-34-36-38-40-42-47(50)52-44-45(48)43-51-46(49)41-39-37-35-33-31-29-27-25-20-18-16-14-12-10-8-6-4-2/h6,8,12,14,18,20,27,29,33,35,45,48H,3-5,7,9-11,13,15-17,19,21-26,28,30-32,34,36-44H2,1-2H3/b8-6-,14-12-,20-18-,29-27-,35-33-/t45-/m0/s1. The highest BCUT2D eigenvalue weighted by Gasteiger charge is 2.12. The summed E-state index contributed by atoms with van der Waals surface area (Å²) in [6.45, 7) is 4.15. The molecule has 0 aromatic heterocycles. The number of rotatable bonds is 39. The van der Waals surface area contributed by atoms with Gasteiger partial charge in [0, 0.05) is 12.8 Å². The molecule has 1 atom stereocenters. The monoisotopic (exact) mass is 727 g/mol. The van der Waals surface area contributed by atoms with Crippen molar-refractivity contribution in [2.75, 3.05) is 13.2 Å². The van der Waals surface area contributed by atoms with E-state index >= 15 is 0 Å². The number of carbonyl (C=O) groups is 2. The van der Waals surface area contributed by atoms with Crippen molar-refractivity contribution in [1.82, 2.24) is 0 Å². The van der Waals surface area contributed by atoms with Crippen molar-refractivity contribution in [3.63, 3.8) is 0 Å². The van der Waals surface area contributed by atoms with E-state index in [0.29, 0.717) is 19.3 Å². The fraction of sp³-hybridized carbons (Fsp3) is 0.745. The van der Waals surface area contributed by atoms with Crippen LogP contribution in [-0.4, -0.2) is 36.4 Å². The van der Waals surface area contributed by atoms with Crippen LogP contribution in [0.5, 0.6) is 0 Å². The van der Waals surface area contributed by atoms with E-state index in [1.54, 1.807) is 0 Å². The lowest BCUT2D eigenvalue weighted by Crippen LogP contribution is -2.25. The molecule has 0 bridgehead atoms. The zero-order valence-corrected chi connectivity index (χ0v) is 34.1. The van der Waals surface area contributed by atoms with Crippen molar-refractivity contribution in [1.29, 1.82) is 0 Å². The summed E-state index contributed by atoms with van der Waals surface area (Å²) in [6.07, 6.45) is 55.8. The van der Waals surface area contributed by atoms with E-state index in [-0.39, 0.29) is 25.2 Å². The molecule has 0 rings (SSSR count). The predicted molar refractivity (Wildman–Crippen MR) is 223 cm³/mol. The van der Waals surface area contributed by atoms with Crippen LogP contribution in [0.4, 0.5) is 0 Å². The lowest BCUT2D eigenvalue weighted by molar-refractivity contribution is -0.152. The van der Waals surface area contributed by atoms with Gasteiger partial charge >= 0.3 is 11.9 Å². The smallest absolute Gasteiger partial charge is 0.305 e. The van der Waals surface area contributed by atoms with Crippen LogP contribution >= 0.6 is 0 Å². The van der Waals surface area contributed by atoms with Crippen LogP contribution in [0.3, 0.4) is 0 Å². The first-order valence-electron chi connectivity index (χ1n) is 21.8. The Kier molecular flexibility index (Phi) is 41.0. The molecule has 0 aliphatic rings. The third-order valence-electron chi connectivity index (χ3n) is 9.27. The molecule has 0 spiro atoms. The maximum Gasteiger partial charge on any atom is 0.305 e. The Morgan fingerprint density at radius 1 is 0.423 bits per heavy atom. The SMILES string of the molecule is CC/C=C\C/C=C\C/C=C\C/C=C\C/C=C\CCCC(=O)OC[C@H](O)COC(=O)CCCCCCCCCCCCCCCCCCCCCCC. The Bertz CT molecular complexity index is 915. The number of hydrogen-bond acceptors (Lipinski definition) is 5. The molecule has 0 saturated heterocycles. The average molecular weight is 727 g/mol. The highest BCUT2D eigenvalue weighted by molar-refractivity contribution is 5.69. The number of unbranched alkanes of at least 4 members (excludes halogenated alkanes) is 21. The quantitative estimate of drug-likeness (QED) is 0.0388. The van der Waals surface area contributed by atoms with E-state index in [1.165, 1.54) is 116 Å². The second-order valence-corrected chi connectivity index (χ2v) is 14.4. The van der Waals surface area contributed by atoms with Crippen molar-refractivity contribution >= 4 is 11.9 Å². The number of esters is 2. The number of allylic oxidation sites excluding steroid dienone is 10. The first-order valence-corrected chi connectivity index (χ1v) is 21.8. The molecule has 0 aromatic carbocycles. The van der Waals surface area contributed by atoms with Crippen molar-refractivity contribution in [3.8, 4) is 0 Å². The second-order valence-electron chi connectivity index (χ2n) is 14.4. The van der Waals surface area contributed by atoms with Crippen molar-refractivity contribution in [3.05, 3.63) is 60.8 Å². The van der Waals surface area contributed by atoms with Gasteiger partial charge in [-0.25, -0.2) is 0 Å². The van der Waals surface area contributed by atoms with E-state index in [1.807, 2.05) is 0 Å². The number of hydrogen-bond donors (Lipinski definition) is 1. The van der Waals surface area contributed by atoms with Crippen molar-refractivity contribution < 1.29 is 24.2 Å². The minimum Gasteiger partial charge on any atom is -0.463 e. The molecule has 0 aliphatic carbocycles. The molecular weight excluding hydrogens is 645 g/mol. The summed E-state index contributed by atoms with van der Waals surface area (Å²) < 4.78 is 10.3. The van der Waals surface area contributed by atoms with Crippen molar-refractivity contribution in [2.45, 2.75) is 213 Å². The molecular formula is C47H82O5. The van der Waals surface area contributed by atoms with Crippen LogP contribution in [0.25, 0.3) is 0 Å². The zero-order valence-electron chi connectivity index (χ0n) is 34.1. The fourth-order valence-electron chi connectivity index (χ4n) is 6.00. The molecule has 0 unspecified atom stereocenters. The third-order valence-corrected chi connectivity index (χ3v) is 9.27. The molecule has 0 aliphatic heterocycles. The van der Waals surface area contributed by atoms with E-state index in [4.69, 9.17) is 9.47 Å². The number of carbonyl (C=O) groups excluding carboxylic acids is 2. The lowest BCUT2D eigenvalue weighted by atomic mass is 10.0. The number of ether oxygens (including phenoxy) is 2. The van der Waals surface area contributed by atoms with E-state index in [0.717, 1.165) is 57.8 Å². The summed E-state index contributed by atoms with van der Waals surface area (Å²) in [6, 6.07) is 0. The van der Waals surface area contributed by atoms with Gasteiger partial charge in [-0.2, -0.15) is 0 Å². The molecule has 0 aromatic rings. The summed E-state index contributed by atoms with van der Waals surface area (Å²) in [5.41, 5.74) is 0. The summed E-state index contributed by atoms with van der Waals surface area (Å²) in [7, 11) is 0. The summed E-state index contributed by atoms with van der Waals surface area (Å²) in [5, 5.41) is 10.0. The molecule has 0 fully saturated rings. The molecule has 300 valence electrons. The highest BCUT2D eigenvalue weighted by Crippen LogP contribution is 2.15. The molecule has 5 nitrogen and oxygen atoms in total. The number of aliphatic hydroxyl groups excluding tert-OH is 1. The zero-order chi connectivity index (χ0) is 37.8. The largest absolute Gasteiger partial charge is 0.463 e. The minimum absolute atomic E-state index is 0.134. The molecule has 0 radical (unpaired) electrons. The highest BCUT2D eigenvalue weighted by atomic mass is 16.6. The minimum atomic E-state index is -0.987.